The predicted molar refractivity (Wildman–Crippen MR) is 91.3 cm³/mol. The highest BCUT2D eigenvalue weighted by Crippen LogP contribution is 2.65. The average Bonchev–Trinajstić information content (AvgIpc) is 2.77. The number of hydrogen-bond donors (Lipinski definition) is 0. The molecule has 0 rings (SSSR count). The third-order valence-electron chi connectivity index (χ3n) is 4.68. The molecule has 0 unspecified atom stereocenters. The summed E-state index contributed by atoms with van der Waals surface area (Å²) in [6, 6.07) is 0. The van der Waals surface area contributed by atoms with Gasteiger partial charge in [0, 0.05) is 19.8 Å². The minimum Gasteiger partial charge on any atom is -0.368 e. The van der Waals surface area contributed by atoms with Crippen LogP contribution in [0.5, 0.6) is 0 Å². The number of rotatable bonds is 15. The molecule has 40 heavy (non-hydrogen) atoms. The molecule has 0 N–H and O–H groups in total. The number of hydrogen-bond acceptors (Lipinski definition) is 4. The summed E-state index contributed by atoms with van der Waals surface area (Å²) in [6.07, 6.45) is -7.97. The highest BCUT2D eigenvalue weighted by molar-refractivity contribution is 6.93. The second kappa shape index (κ2) is 10.9. The zero-order valence-electron chi connectivity index (χ0n) is 19.4. The highest BCUT2D eigenvalue weighted by atomic mass is 28.4. The quantitative estimate of drug-likeness (QED) is 0.144. The maximum absolute atomic E-state index is 14.4. The van der Waals surface area contributed by atoms with Gasteiger partial charge >= 0.3 is 62.4 Å². The van der Waals surface area contributed by atoms with Crippen molar-refractivity contribution >= 4 is 14.2 Å². The summed E-state index contributed by atoms with van der Waals surface area (Å²) < 4.78 is 269. The first-order valence-corrected chi connectivity index (χ1v) is 11.6. The Kier molecular flexibility index (Phi) is 10.5. The third-order valence-corrected chi connectivity index (χ3v) is 7.56. The molecular formula is C16H15F19O4Si. The van der Waals surface area contributed by atoms with E-state index >= 15 is 0 Å². The van der Waals surface area contributed by atoms with Crippen LogP contribution >= 0.6 is 0 Å². The van der Waals surface area contributed by atoms with E-state index in [2.05, 4.69) is 13.3 Å². The van der Waals surface area contributed by atoms with Crippen LogP contribution in [-0.4, -0.2) is 87.6 Å². The van der Waals surface area contributed by atoms with Crippen LogP contribution in [0.2, 0.25) is 0 Å². The van der Waals surface area contributed by atoms with Gasteiger partial charge in [-0.05, 0) is 20.8 Å². The molecule has 0 fully saturated rings. The zero-order chi connectivity index (χ0) is 32.8. The van der Waals surface area contributed by atoms with E-state index in [9.17, 15) is 88.2 Å². The van der Waals surface area contributed by atoms with Gasteiger partial charge in [0.25, 0.3) is 5.41 Å². The Morgan fingerprint density at radius 2 is 0.675 bits per heavy atom. The molecule has 240 valence electrons. The molecule has 24 heteroatoms. The maximum atomic E-state index is 14.4. The first-order chi connectivity index (χ1) is 17.3. The predicted octanol–water partition coefficient (Wildman–Crippen LogP) is 6.79. The Hall–Kier alpha value is -1.56. The lowest BCUT2D eigenvalue weighted by Gasteiger charge is -2.44. The van der Waals surface area contributed by atoms with Crippen LogP contribution in [0.25, 0.3) is 0 Å². The van der Waals surface area contributed by atoms with Crippen LogP contribution in [0, 0.1) is 0 Å². The molecule has 0 aliphatic carbocycles. The molecule has 0 aliphatic rings. The van der Waals surface area contributed by atoms with E-state index in [0.717, 1.165) is 20.8 Å². The Morgan fingerprint density at radius 1 is 0.450 bits per heavy atom. The largest absolute Gasteiger partial charge is 0.581 e. The van der Waals surface area contributed by atoms with Crippen molar-refractivity contribution in [2.75, 3.05) is 19.8 Å². The zero-order valence-corrected chi connectivity index (χ0v) is 20.4. The summed E-state index contributed by atoms with van der Waals surface area (Å²) in [7, 11) is -6.07. The van der Waals surface area contributed by atoms with E-state index in [4.69, 9.17) is 0 Å². The van der Waals surface area contributed by atoms with Crippen LogP contribution in [0.4, 0.5) is 83.4 Å². The van der Waals surface area contributed by atoms with E-state index in [1.165, 1.54) is 0 Å². The van der Waals surface area contributed by atoms with Gasteiger partial charge in [-0.25, -0.2) is 0 Å². The van der Waals surface area contributed by atoms with Crippen molar-refractivity contribution in [3.8, 4) is 0 Å². The van der Waals surface area contributed by atoms with Crippen molar-refractivity contribution in [1.29, 1.82) is 0 Å². The van der Waals surface area contributed by atoms with E-state index in [1.54, 1.807) is 0 Å². The van der Waals surface area contributed by atoms with Crippen LogP contribution in [0.1, 0.15) is 20.8 Å². The number of halogens is 19. The summed E-state index contributed by atoms with van der Waals surface area (Å²) in [5, 5.41) is -3.77. The third kappa shape index (κ3) is 5.13. The van der Waals surface area contributed by atoms with Gasteiger partial charge in [-0.3, -0.25) is 4.79 Å². The summed E-state index contributed by atoms with van der Waals surface area (Å²) >= 11 is 0. The highest BCUT2D eigenvalue weighted by Gasteiger charge is 2.97. The van der Waals surface area contributed by atoms with Gasteiger partial charge in [0.05, 0.1) is 0 Å². The molecule has 4 nitrogen and oxygen atoms in total. The molecule has 0 aromatic heterocycles. The molecule has 0 saturated carbocycles. The summed E-state index contributed by atoms with van der Waals surface area (Å²) in [4.78, 5) is 12.1. The topological polar surface area (TPSA) is 44.8 Å². The smallest absolute Gasteiger partial charge is 0.368 e. The van der Waals surface area contributed by atoms with Crippen molar-refractivity contribution in [1.82, 2.24) is 0 Å². The maximum Gasteiger partial charge on any atom is 0.581 e. The van der Waals surface area contributed by atoms with E-state index in [-0.39, 0.29) is 0 Å². The van der Waals surface area contributed by atoms with Crippen molar-refractivity contribution in [3.05, 3.63) is 0 Å². The number of alkyl halides is 19. The van der Waals surface area contributed by atoms with Crippen LogP contribution in [0.3, 0.4) is 0 Å². The summed E-state index contributed by atoms with van der Waals surface area (Å²) in [5.41, 5.74) is 0. The molecule has 0 radical (unpaired) electrons. The fourth-order valence-electron chi connectivity index (χ4n) is 2.59. The Balaban J connectivity index is 7.21. The second-order valence-electron chi connectivity index (χ2n) is 7.28. The minimum absolute atomic E-state index is 0.811. The van der Waals surface area contributed by atoms with Crippen LogP contribution in [0.15, 0.2) is 0 Å². The van der Waals surface area contributed by atoms with Gasteiger partial charge < -0.3 is 13.3 Å². The summed E-state index contributed by atoms with van der Waals surface area (Å²) in [6.45, 7) is -0.570. The lowest BCUT2D eigenvalue weighted by molar-refractivity contribution is -0.467. The molecule has 0 bridgehead atoms. The van der Waals surface area contributed by atoms with Crippen molar-refractivity contribution < 1.29 is 101 Å². The molecule has 0 saturated heterocycles. The molecule has 0 aromatic rings. The second-order valence-corrected chi connectivity index (χ2v) is 9.71. The summed E-state index contributed by atoms with van der Waals surface area (Å²) in [5.74, 6) is -68.9. The van der Waals surface area contributed by atoms with Gasteiger partial charge in [0.15, 0.2) is 0 Å². The first-order valence-electron chi connectivity index (χ1n) is 9.89. The fourth-order valence-corrected chi connectivity index (χ4v) is 4.91. The molecule has 0 amide bonds. The van der Waals surface area contributed by atoms with Crippen LogP contribution < -0.4 is 0 Å². The first kappa shape index (κ1) is 38.4. The Bertz CT molecular complexity index is 884. The lowest BCUT2D eigenvalue weighted by atomic mass is 9.87. The Labute approximate surface area is 211 Å². The van der Waals surface area contributed by atoms with Crippen molar-refractivity contribution in [3.63, 3.8) is 0 Å². The molecule has 0 aliphatic heterocycles. The van der Waals surface area contributed by atoms with E-state index < -0.39 is 87.6 Å². The Morgan fingerprint density at radius 3 is 0.900 bits per heavy atom. The molecule has 0 heterocycles. The SMILES string of the molecule is CCO[Si](OCC)(OCC)C(=O)C(F)(F)C(F)(F)C(F)(F)C(F)(F)C(F)(F)C(F)(F)C(F)(F)C(F)(F)C(F)(F)F. The van der Waals surface area contributed by atoms with E-state index in [1.807, 2.05) is 0 Å². The molecular weight excluding hydrogens is 645 g/mol. The molecule has 0 atom stereocenters. The monoisotopic (exact) mass is 660 g/mol. The lowest BCUT2D eigenvalue weighted by Crippen LogP contribution is -2.77. The average molecular weight is 660 g/mol. The van der Waals surface area contributed by atoms with Gasteiger partial charge in [-0.1, -0.05) is 0 Å². The number of carbonyl (C=O) groups excluding carboxylic acids is 1. The van der Waals surface area contributed by atoms with Crippen LogP contribution in [-0.2, 0) is 18.1 Å². The van der Waals surface area contributed by atoms with Gasteiger partial charge in [0.2, 0.25) is 0 Å². The van der Waals surface area contributed by atoms with Crippen molar-refractivity contribution in [2.24, 2.45) is 0 Å². The van der Waals surface area contributed by atoms with Gasteiger partial charge in [-0.2, -0.15) is 83.4 Å². The van der Waals surface area contributed by atoms with E-state index in [0.29, 0.717) is 0 Å². The fraction of sp³-hybridized carbons (Fsp3) is 0.938. The van der Waals surface area contributed by atoms with Crippen molar-refractivity contribution in [2.45, 2.75) is 74.3 Å². The normalized spacial score (nSPS) is 15.9. The number of carbonyl (C=O) groups is 1. The standard InChI is InChI=1S/C16H15F19O4Si/c1-4-37-40(38-5-2,39-6-3)7(36)8(17,18)9(19,20)10(21,22)11(23,24)12(25,26)13(27,28)14(29,30)15(31,32)16(33,34)35/h4-6H2,1-3H3. The van der Waals surface area contributed by atoms with Gasteiger partial charge in [0.1, 0.15) is 0 Å². The van der Waals surface area contributed by atoms with Gasteiger partial charge in [-0.15, -0.1) is 0 Å². The minimum atomic E-state index is -9.08. The molecule has 0 spiro atoms. The molecule has 0 aromatic carbocycles.